The number of nitrogens with zero attached hydrogens (tertiary/aromatic N) is 1. The van der Waals surface area contributed by atoms with Gasteiger partial charge in [-0.1, -0.05) is 13.8 Å². The Kier molecular flexibility index (Phi) is 4.59. The van der Waals surface area contributed by atoms with Gasteiger partial charge in [-0.15, -0.1) is 11.3 Å². The van der Waals surface area contributed by atoms with Crippen LogP contribution in [0.15, 0.2) is 22.1 Å². The monoisotopic (exact) mass is 327 g/mol. The predicted octanol–water partition coefficient (Wildman–Crippen LogP) is 3.99. The van der Waals surface area contributed by atoms with Gasteiger partial charge < -0.3 is 10.7 Å². The predicted molar refractivity (Wildman–Crippen MR) is 80.9 cm³/mol. The van der Waals surface area contributed by atoms with Gasteiger partial charge in [0.1, 0.15) is 5.82 Å². The molecule has 0 saturated heterocycles. The van der Waals surface area contributed by atoms with E-state index in [4.69, 9.17) is 5.73 Å². The number of nitrogens with one attached hydrogen (secondary N) is 1. The number of aromatic amines is 1. The molecule has 0 aliphatic carbocycles. The number of rotatable bonds is 5. The van der Waals surface area contributed by atoms with Crippen LogP contribution >= 0.6 is 27.3 Å². The minimum atomic E-state index is 0.321. The van der Waals surface area contributed by atoms with Crippen molar-refractivity contribution in [3.8, 4) is 10.6 Å². The Morgan fingerprint density at radius 2 is 2.22 bits per heavy atom. The molecule has 1 unspecified atom stereocenters. The van der Waals surface area contributed by atoms with Crippen molar-refractivity contribution in [1.29, 1.82) is 0 Å². The normalized spacial score (nSPS) is 13.2. The molecule has 2 rings (SSSR count). The lowest BCUT2D eigenvalue weighted by Gasteiger charge is -2.14. The summed E-state index contributed by atoms with van der Waals surface area (Å²) in [6.45, 7) is 5.06. The zero-order valence-electron chi connectivity index (χ0n) is 10.6. The topological polar surface area (TPSA) is 54.7 Å². The van der Waals surface area contributed by atoms with E-state index >= 15 is 0 Å². The summed E-state index contributed by atoms with van der Waals surface area (Å²) in [4.78, 5) is 9.07. The number of hydrogen-bond acceptors (Lipinski definition) is 3. The number of nitrogens with two attached hydrogens (primary N) is 1. The Balaban J connectivity index is 2.18. The van der Waals surface area contributed by atoms with E-state index in [9.17, 15) is 0 Å². The van der Waals surface area contributed by atoms with Crippen molar-refractivity contribution in [3.05, 3.63) is 27.9 Å². The van der Waals surface area contributed by atoms with E-state index in [0.717, 1.165) is 21.7 Å². The SMILES string of the molecule is CC(C)CC(CN)c1ncc(-c2ccc(Br)s2)[nH]1. The van der Waals surface area contributed by atoms with Gasteiger partial charge in [0, 0.05) is 12.5 Å². The van der Waals surface area contributed by atoms with Crippen LogP contribution in [0.1, 0.15) is 32.0 Å². The molecule has 0 saturated carbocycles. The third kappa shape index (κ3) is 3.22. The highest BCUT2D eigenvalue weighted by molar-refractivity contribution is 9.11. The van der Waals surface area contributed by atoms with E-state index in [-0.39, 0.29) is 0 Å². The average Bonchev–Trinajstić information content (AvgIpc) is 2.93. The van der Waals surface area contributed by atoms with Crippen molar-refractivity contribution >= 4 is 27.3 Å². The van der Waals surface area contributed by atoms with Crippen LogP contribution in [0.3, 0.4) is 0 Å². The maximum absolute atomic E-state index is 5.84. The van der Waals surface area contributed by atoms with Gasteiger partial charge in [-0.25, -0.2) is 4.98 Å². The molecule has 1 atom stereocenters. The van der Waals surface area contributed by atoms with E-state index in [2.05, 4.69) is 51.9 Å². The van der Waals surface area contributed by atoms with Gasteiger partial charge in [-0.05, 0) is 40.4 Å². The smallest absolute Gasteiger partial charge is 0.110 e. The second-order valence-corrected chi connectivity index (χ2v) is 7.31. The standard InChI is InChI=1S/C13H18BrN3S/c1-8(2)5-9(6-15)13-16-7-10(17-13)11-3-4-12(14)18-11/h3-4,7-9H,5-6,15H2,1-2H3,(H,16,17). The third-order valence-corrected chi connectivity index (χ3v) is 4.52. The van der Waals surface area contributed by atoms with Crippen LogP contribution < -0.4 is 5.73 Å². The van der Waals surface area contributed by atoms with Crippen LogP contribution in [0.4, 0.5) is 0 Å². The molecule has 18 heavy (non-hydrogen) atoms. The zero-order chi connectivity index (χ0) is 13.1. The van der Waals surface area contributed by atoms with Crippen LogP contribution in [0, 0.1) is 5.92 Å². The molecule has 0 spiro atoms. The number of hydrogen-bond donors (Lipinski definition) is 2. The molecular formula is C13H18BrN3S. The summed E-state index contributed by atoms with van der Waals surface area (Å²) >= 11 is 5.18. The molecule has 0 fully saturated rings. The number of aromatic nitrogens is 2. The molecule has 98 valence electrons. The van der Waals surface area contributed by atoms with Crippen LogP contribution in [0.2, 0.25) is 0 Å². The van der Waals surface area contributed by atoms with Crippen molar-refractivity contribution < 1.29 is 0 Å². The van der Waals surface area contributed by atoms with Crippen LogP contribution in [0.5, 0.6) is 0 Å². The van der Waals surface area contributed by atoms with E-state index in [0.29, 0.717) is 18.4 Å². The zero-order valence-corrected chi connectivity index (χ0v) is 13.0. The van der Waals surface area contributed by atoms with Gasteiger partial charge in [0.05, 0.1) is 20.6 Å². The molecular weight excluding hydrogens is 310 g/mol. The van der Waals surface area contributed by atoms with Gasteiger partial charge in [-0.2, -0.15) is 0 Å². The first-order valence-electron chi connectivity index (χ1n) is 6.10. The molecule has 0 aliphatic rings. The first-order chi connectivity index (χ1) is 8.60. The Morgan fingerprint density at radius 3 is 2.78 bits per heavy atom. The van der Waals surface area contributed by atoms with Crippen molar-refractivity contribution in [1.82, 2.24) is 9.97 Å². The summed E-state index contributed by atoms with van der Waals surface area (Å²) in [7, 11) is 0. The molecule has 0 radical (unpaired) electrons. The maximum atomic E-state index is 5.84. The average molecular weight is 328 g/mol. The third-order valence-electron chi connectivity index (χ3n) is 2.86. The molecule has 0 aliphatic heterocycles. The van der Waals surface area contributed by atoms with Crippen molar-refractivity contribution in [2.75, 3.05) is 6.54 Å². The fraction of sp³-hybridized carbons (Fsp3) is 0.462. The first-order valence-corrected chi connectivity index (χ1v) is 7.71. The number of halogens is 1. The second-order valence-electron chi connectivity index (χ2n) is 4.85. The van der Waals surface area contributed by atoms with Crippen LogP contribution in [0.25, 0.3) is 10.6 Å². The summed E-state index contributed by atoms with van der Waals surface area (Å²) in [6.07, 6.45) is 2.97. The highest BCUT2D eigenvalue weighted by Crippen LogP contribution is 2.31. The summed E-state index contributed by atoms with van der Waals surface area (Å²) in [5, 5.41) is 0. The van der Waals surface area contributed by atoms with Crippen LogP contribution in [-0.4, -0.2) is 16.5 Å². The Bertz CT molecular complexity index is 504. The number of H-pyrrole nitrogens is 1. The van der Waals surface area contributed by atoms with Gasteiger partial charge in [0.25, 0.3) is 0 Å². The molecule has 0 bridgehead atoms. The second kappa shape index (κ2) is 5.99. The van der Waals surface area contributed by atoms with E-state index in [1.54, 1.807) is 11.3 Å². The summed E-state index contributed by atoms with van der Waals surface area (Å²) < 4.78 is 1.13. The van der Waals surface area contributed by atoms with Crippen LogP contribution in [-0.2, 0) is 0 Å². The molecule has 3 nitrogen and oxygen atoms in total. The van der Waals surface area contributed by atoms with Gasteiger partial charge in [0.2, 0.25) is 0 Å². The van der Waals surface area contributed by atoms with Gasteiger partial charge in [-0.3, -0.25) is 0 Å². The minimum Gasteiger partial charge on any atom is -0.341 e. The quantitative estimate of drug-likeness (QED) is 0.872. The Labute approximate surface area is 120 Å². The molecule has 2 aromatic rings. The highest BCUT2D eigenvalue weighted by atomic mass is 79.9. The fourth-order valence-electron chi connectivity index (χ4n) is 2.02. The van der Waals surface area contributed by atoms with E-state index in [1.165, 1.54) is 4.88 Å². The summed E-state index contributed by atoms with van der Waals surface area (Å²) in [6, 6.07) is 4.14. The molecule has 5 heteroatoms. The summed E-state index contributed by atoms with van der Waals surface area (Å²) in [5.41, 5.74) is 6.91. The largest absolute Gasteiger partial charge is 0.341 e. The fourth-order valence-corrected chi connectivity index (χ4v) is 3.37. The first kappa shape index (κ1) is 13.8. The van der Waals surface area contributed by atoms with E-state index < -0.39 is 0 Å². The molecule has 2 heterocycles. The lowest BCUT2D eigenvalue weighted by molar-refractivity contribution is 0.490. The Hall–Kier alpha value is -0.650. The van der Waals surface area contributed by atoms with Crippen molar-refractivity contribution in [2.24, 2.45) is 11.7 Å². The van der Waals surface area contributed by atoms with Gasteiger partial charge >= 0.3 is 0 Å². The summed E-state index contributed by atoms with van der Waals surface area (Å²) in [5.74, 6) is 1.95. The number of imidazole rings is 1. The number of thiophene rings is 1. The minimum absolute atomic E-state index is 0.321. The lowest BCUT2D eigenvalue weighted by Crippen LogP contribution is -2.15. The van der Waals surface area contributed by atoms with Gasteiger partial charge in [0.15, 0.2) is 0 Å². The van der Waals surface area contributed by atoms with E-state index in [1.807, 2.05) is 6.20 Å². The lowest BCUT2D eigenvalue weighted by atomic mass is 9.97. The van der Waals surface area contributed by atoms with Crippen molar-refractivity contribution in [3.63, 3.8) is 0 Å². The molecule has 3 N–H and O–H groups in total. The highest BCUT2D eigenvalue weighted by Gasteiger charge is 2.16. The molecule has 0 amide bonds. The molecule has 0 aromatic carbocycles. The molecule has 2 aromatic heterocycles. The Morgan fingerprint density at radius 1 is 1.44 bits per heavy atom. The van der Waals surface area contributed by atoms with Crippen molar-refractivity contribution in [2.45, 2.75) is 26.2 Å². The maximum Gasteiger partial charge on any atom is 0.110 e.